The topological polar surface area (TPSA) is 115 Å². The van der Waals surface area contributed by atoms with Crippen LogP contribution in [0.2, 0.25) is 0 Å². The van der Waals surface area contributed by atoms with Crippen LogP contribution in [0.3, 0.4) is 0 Å². The lowest BCUT2D eigenvalue weighted by atomic mass is 10.1. The maximum absolute atomic E-state index is 12.9. The van der Waals surface area contributed by atoms with Gasteiger partial charge in [0.1, 0.15) is 16.9 Å². The molecule has 1 aromatic heterocycles. The Morgan fingerprint density at radius 1 is 1.12 bits per heavy atom. The number of amides is 2. The van der Waals surface area contributed by atoms with Crippen LogP contribution in [0, 0.1) is 16.0 Å². The molecule has 1 aliphatic rings. The average Bonchev–Trinajstić information content (AvgIpc) is 3.38. The van der Waals surface area contributed by atoms with E-state index in [2.05, 4.69) is 5.32 Å². The highest BCUT2D eigenvalue weighted by atomic mass is 16.6. The number of ether oxygens (including phenoxy) is 1. The molecule has 1 saturated heterocycles. The summed E-state index contributed by atoms with van der Waals surface area (Å²) in [5, 5.41) is 15.8. The lowest BCUT2D eigenvalue weighted by Gasteiger charge is -2.19. The molecule has 0 saturated carbocycles. The van der Waals surface area contributed by atoms with Crippen molar-refractivity contribution < 1.29 is 23.7 Å². The molecule has 1 atom stereocenters. The number of methoxy groups -OCH3 is 1. The van der Waals surface area contributed by atoms with Crippen molar-refractivity contribution >= 4 is 50.8 Å². The minimum absolute atomic E-state index is 0.0266. The summed E-state index contributed by atoms with van der Waals surface area (Å²) < 4.78 is 11.1. The molecular formula is C24H19N3O6. The monoisotopic (exact) mass is 445 g/mol. The van der Waals surface area contributed by atoms with Crippen LogP contribution in [0.25, 0.3) is 21.9 Å². The van der Waals surface area contributed by atoms with Gasteiger partial charge in [-0.1, -0.05) is 18.2 Å². The number of nitro benzene ring substituents is 1. The average molecular weight is 445 g/mol. The molecule has 0 bridgehead atoms. The van der Waals surface area contributed by atoms with Gasteiger partial charge in [-0.15, -0.1) is 0 Å². The summed E-state index contributed by atoms with van der Waals surface area (Å²) in [5.41, 5.74) is 2.26. The number of nitrogens with one attached hydrogen (secondary N) is 1. The predicted octanol–water partition coefficient (Wildman–Crippen LogP) is 4.49. The fourth-order valence-corrected chi connectivity index (χ4v) is 4.17. The molecule has 1 fully saturated rings. The molecule has 5 rings (SSSR count). The Labute approximate surface area is 187 Å². The van der Waals surface area contributed by atoms with Crippen molar-refractivity contribution in [3.8, 4) is 5.75 Å². The molecule has 0 aliphatic carbocycles. The van der Waals surface area contributed by atoms with E-state index in [4.69, 9.17) is 9.15 Å². The first-order chi connectivity index (χ1) is 15.9. The molecular weight excluding hydrogens is 426 g/mol. The van der Waals surface area contributed by atoms with E-state index in [1.807, 2.05) is 30.3 Å². The number of hydrogen-bond donors (Lipinski definition) is 1. The molecule has 3 aromatic carbocycles. The quantitative estimate of drug-likeness (QED) is 0.357. The zero-order valence-corrected chi connectivity index (χ0v) is 17.6. The standard InChI is InChI=1S/C24H19N3O6/c1-32-22-12-16(27(30)31)7-9-19(22)26-13-14(10-23(26)28)24(29)25-15-6-8-18-17-4-2-3-5-20(17)33-21(18)11-15/h2-9,11-12,14H,10,13H2,1H3,(H,25,29)/t14-/m0/s1. The van der Waals surface area contributed by atoms with Crippen LogP contribution < -0.4 is 15.0 Å². The van der Waals surface area contributed by atoms with Crippen LogP contribution in [0.5, 0.6) is 5.75 Å². The third-order valence-corrected chi connectivity index (χ3v) is 5.81. The SMILES string of the molecule is COc1cc([N+](=O)[O-])ccc1N1C[C@@H](C(=O)Nc2ccc3c(c2)oc2ccccc23)CC1=O. The summed E-state index contributed by atoms with van der Waals surface area (Å²) in [4.78, 5) is 37.5. The number of fused-ring (bicyclic) bond motifs is 3. The summed E-state index contributed by atoms with van der Waals surface area (Å²) in [5.74, 6) is -0.921. The fraction of sp³-hybridized carbons (Fsp3) is 0.167. The molecule has 9 heteroatoms. The zero-order chi connectivity index (χ0) is 23.1. The van der Waals surface area contributed by atoms with Crippen LogP contribution in [0.4, 0.5) is 17.1 Å². The van der Waals surface area contributed by atoms with Gasteiger partial charge < -0.3 is 19.4 Å². The second-order valence-electron chi connectivity index (χ2n) is 7.82. The molecule has 0 unspecified atom stereocenters. The number of rotatable bonds is 5. The zero-order valence-electron chi connectivity index (χ0n) is 17.6. The van der Waals surface area contributed by atoms with E-state index in [0.717, 1.165) is 16.4 Å². The van der Waals surface area contributed by atoms with Gasteiger partial charge in [0.25, 0.3) is 5.69 Å². The number of carbonyl (C=O) groups is 2. The lowest BCUT2D eigenvalue weighted by Crippen LogP contribution is -2.28. The smallest absolute Gasteiger partial charge is 0.273 e. The van der Waals surface area contributed by atoms with Gasteiger partial charge in [-0.3, -0.25) is 19.7 Å². The van der Waals surface area contributed by atoms with Crippen molar-refractivity contribution in [2.45, 2.75) is 6.42 Å². The second-order valence-corrected chi connectivity index (χ2v) is 7.82. The van der Waals surface area contributed by atoms with Crippen LogP contribution in [-0.4, -0.2) is 30.4 Å². The number of non-ortho nitro benzene ring substituents is 1. The van der Waals surface area contributed by atoms with Crippen LogP contribution in [0.1, 0.15) is 6.42 Å². The molecule has 1 N–H and O–H groups in total. The molecule has 4 aromatic rings. The van der Waals surface area contributed by atoms with Crippen molar-refractivity contribution in [3.05, 3.63) is 70.8 Å². The maximum Gasteiger partial charge on any atom is 0.273 e. The number of benzene rings is 3. The number of nitrogens with zero attached hydrogens (tertiary/aromatic N) is 2. The molecule has 2 heterocycles. The first-order valence-corrected chi connectivity index (χ1v) is 10.3. The van der Waals surface area contributed by atoms with Crippen LogP contribution in [0.15, 0.2) is 65.1 Å². The maximum atomic E-state index is 12.9. The first kappa shape index (κ1) is 20.5. The van der Waals surface area contributed by atoms with Gasteiger partial charge in [-0.25, -0.2) is 0 Å². The molecule has 1 aliphatic heterocycles. The number of nitro groups is 1. The highest BCUT2D eigenvalue weighted by Gasteiger charge is 2.36. The van der Waals surface area contributed by atoms with Crippen molar-refractivity contribution in [3.63, 3.8) is 0 Å². The fourth-order valence-electron chi connectivity index (χ4n) is 4.17. The Kier molecular flexibility index (Phi) is 4.93. The molecule has 2 amide bonds. The Balaban J connectivity index is 1.35. The molecule has 9 nitrogen and oxygen atoms in total. The highest BCUT2D eigenvalue weighted by molar-refractivity contribution is 6.07. The Morgan fingerprint density at radius 2 is 1.91 bits per heavy atom. The van der Waals surface area contributed by atoms with Crippen LogP contribution in [-0.2, 0) is 9.59 Å². The van der Waals surface area contributed by atoms with Crippen molar-refractivity contribution in [1.82, 2.24) is 0 Å². The van der Waals surface area contributed by atoms with Crippen molar-refractivity contribution in [1.29, 1.82) is 0 Å². The summed E-state index contributed by atoms with van der Waals surface area (Å²) in [6, 6.07) is 17.2. The Bertz CT molecular complexity index is 1430. The van der Waals surface area contributed by atoms with Gasteiger partial charge in [-0.2, -0.15) is 0 Å². The summed E-state index contributed by atoms with van der Waals surface area (Å²) in [7, 11) is 1.38. The van der Waals surface area contributed by atoms with Gasteiger partial charge >= 0.3 is 0 Å². The number of hydrogen-bond acceptors (Lipinski definition) is 6. The van der Waals surface area contributed by atoms with Gasteiger partial charge in [-0.05, 0) is 24.3 Å². The van der Waals surface area contributed by atoms with Gasteiger partial charge in [0.15, 0.2) is 0 Å². The van der Waals surface area contributed by atoms with E-state index in [1.165, 1.54) is 30.2 Å². The van der Waals surface area contributed by atoms with E-state index in [-0.39, 0.29) is 36.2 Å². The molecule has 0 radical (unpaired) electrons. The third-order valence-electron chi connectivity index (χ3n) is 5.81. The second kappa shape index (κ2) is 7.94. The number of anilines is 2. The highest BCUT2D eigenvalue weighted by Crippen LogP contribution is 2.36. The summed E-state index contributed by atoms with van der Waals surface area (Å²) in [6.07, 6.45) is 0.0266. The molecule has 166 valence electrons. The summed E-state index contributed by atoms with van der Waals surface area (Å²) >= 11 is 0. The minimum atomic E-state index is -0.580. The van der Waals surface area contributed by atoms with E-state index >= 15 is 0 Å². The van der Waals surface area contributed by atoms with E-state index < -0.39 is 10.8 Å². The molecule has 0 spiro atoms. The number of para-hydroxylation sites is 1. The first-order valence-electron chi connectivity index (χ1n) is 10.3. The van der Waals surface area contributed by atoms with Gasteiger partial charge in [0.2, 0.25) is 11.8 Å². The minimum Gasteiger partial charge on any atom is -0.494 e. The van der Waals surface area contributed by atoms with Gasteiger partial charge in [0, 0.05) is 41.6 Å². The Morgan fingerprint density at radius 3 is 2.70 bits per heavy atom. The van der Waals surface area contributed by atoms with E-state index in [1.54, 1.807) is 12.1 Å². The van der Waals surface area contributed by atoms with Gasteiger partial charge in [0.05, 0.1) is 29.7 Å². The Hall–Kier alpha value is -4.40. The predicted molar refractivity (Wildman–Crippen MR) is 122 cm³/mol. The summed E-state index contributed by atoms with van der Waals surface area (Å²) in [6.45, 7) is 0.145. The number of furan rings is 1. The third kappa shape index (κ3) is 3.63. The van der Waals surface area contributed by atoms with Crippen molar-refractivity contribution in [2.24, 2.45) is 5.92 Å². The van der Waals surface area contributed by atoms with E-state index in [0.29, 0.717) is 17.0 Å². The largest absolute Gasteiger partial charge is 0.494 e. The number of carbonyl (C=O) groups excluding carboxylic acids is 2. The van der Waals surface area contributed by atoms with E-state index in [9.17, 15) is 19.7 Å². The van der Waals surface area contributed by atoms with Crippen LogP contribution >= 0.6 is 0 Å². The lowest BCUT2D eigenvalue weighted by molar-refractivity contribution is -0.384. The normalized spacial score (nSPS) is 15.8. The van der Waals surface area contributed by atoms with Crippen molar-refractivity contribution in [2.75, 3.05) is 23.9 Å². The molecule has 33 heavy (non-hydrogen) atoms.